The second-order valence-corrected chi connectivity index (χ2v) is 4.74. The van der Waals surface area contributed by atoms with Gasteiger partial charge in [-0.05, 0) is 35.9 Å². The maximum Gasteiger partial charge on any atom is 0.248 e. The van der Waals surface area contributed by atoms with Gasteiger partial charge >= 0.3 is 0 Å². The third-order valence-corrected chi connectivity index (χ3v) is 3.09. The van der Waals surface area contributed by atoms with Gasteiger partial charge in [0.25, 0.3) is 0 Å². The van der Waals surface area contributed by atoms with E-state index < -0.39 is 0 Å². The number of anilines is 1. The van der Waals surface area contributed by atoms with Crippen LogP contribution in [0.15, 0.2) is 48.5 Å². The first-order chi connectivity index (χ1) is 10.7. The summed E-state index contributed by atoms with van der Waals surface area (Å²) in [7, 11) is 0. The van der Waals surface area contributed by atoms with Crippen LogP contribution < -0.4 is 14.8 Å². The molecule has 1 amide bonds. The van der Waals surface area contributed by atoms with E-state index in [4.69, 9.17) is 9.47 Å². The van der Waals surface area contributed by atoms with Crippen LogP contribution in [-0.2, 0) is 4.79 Å². The lowest BCUT2D eigenvalue weighted by atomic mass is 10.2. The van der Waals surface area contributed by atoms with E-state index in [1.54, 1.807) is 36.4 Å². The Morgan fingerprint density at radius 2 is 1.91 bits per heavy atom. The van der Waals surface area contributed by atoms with Gasteiger partial charge in [-0.25, -0.2) is 4.39 Å². The Labute approximate surface area is 127 Å². The van der Waals surface area contributed by atoms with Gasteiger partial charge in [0.2, 0.25) is 5.91 Å². The van der Waals surface area contributed by atoms with Gasteiger partial charge in [-0.1, -0.05) is 12.1 Å². The number of hydrogen-bond donors (Lipinski definition) is 1. The zero-order valence-electron chi connectivity index (χ0n) is 11.7. The highest BCUT2D eigenvalue weighted by molar-refractivity contribution is 6.02. The highest BCUT2D eigenvalue weighted by Gasteiger charge is 2.12. The lowest BCUT2D eigenvalue weighted by Gasteiger charge is -2.18. The maximum atomic E-state index is 13.0. The summed E-state index contributed by atoms with van der Waals surface area (Å²) in [5, 5.41) is 2.72. The minimum atomic E-state index is -0.339. The second kappa shape index (κ2) is 6.30. The topological polar surface area (TPSA) is 47.6 Å². The standard InChI is InChI=1S/C17H14FNO3/c18-13-3-1-2-12(10-13)4-7-17(20)19-14-5-6-15-16(11-14)22-9-8-21-15/h1-7,10-11H,8-9H2,(H,19,20)/b7-4+. The monoisotopic (exact) mass is 299 g/mol. The number of benzene rings is 2. The van der Waals surface area contributed by atoms with Gasteiger partial charge in [0.05, 0.1) is 0 Å². The summed E-state index contributed by atoms with van der Waals surface area (Å²) in [4.78, 5) is 11.9. The minimum Gasteiger partial charge on any atom is -0.486 e. The van der Waals surface area contributed by atoms with Crippen molar-refractivity contribution in [1.82, 2.24) is 0 Å². The Morgan fingerprint density at radius 3 is 2.73 bits per heavy atom. The van der Waals surface area contributed by atoms with Crippen molar-refractivity contribution < 1.29 is 18.7 Å². The molecule has 0 saturated carbocycles. The molecule has 0 aromatic heterocycles. The molecule has 0 spiro atoms. The fraction of sp³-hybridized carbons (Fsp3) is 0.118. The summed E-state index contributed by atoms with van der Waals surface area (Å²) in [6, 6.07) is 11.2. The summed E-state index contributed by atoms with van der Waals surface area (Å²) in [5.41, 5.74) is 1.23. The van der Waals surface area contributed by atoms with Crippen molar-refractivity contribution in [3.05, 3.63) is 59.9 Å². The van der Waals surface area contributed by atoms with E-state index in [1.165, 1.54) is 18.2 Å². The van der Waals surface area contributed by atoms with Crippen LogP contribution in [0.1, 0.15) is 5.56 Å². The number of halogens is 1. The SMILES string of the molecule is O=C(/C=C/c1cccc(F)c1)Nc1ccc2c(c1)OCCO2. The molecule has 0 saturated heterocycles. The van der Waals surface area contributed by atoms with Crippen molar-refractivity contribution in [2.75, 3.05) is 18.5 Å². The molecule has 1 N–H and O–H groups in total. The number of fused-ring (bicyclic) bond motifs is 1. The lowest BCUT2D eigenvalue weighted by molar-refractivity contribution is -0.111. The van der Waals surface area contributed by atoms with Crippen LogP contribution >= 0.6 is 0 Å². The van der Waals surface area contributed by atoms with Crippen LogP contribution in [0.3, 0.4) is 0 Å². The van der Waals surface area contributed by atoms with Gasteiger partial charge in [0.1, 0.15) is 19.0 Å². The highest BCUT2D eigenvalue weighted by Crippen LogP contribution is 2.32. The van der Waals surface area contributed by atoms with E-state index in [-0.39, 0.29) is 11.7 Å². The number of rotatable bonds is 3. The van der Waals surface area contributed by atoms with Crippen LogP contribution in [0.2, 0.25) is 0 Å². The van der Waals surface area contributed by atoms with Crippen LogP contribution in [0.5, 0.6) is 11.5 Å². The summed E-state index contributed by atoms with van der Waals surface area (Å²) in [6.07, 6.45) is 2.90. The number of hydrogen-bond acceptors (Lipinski definition) is 3. The first-order valence-electron chi connectivity index (χ1n) is 6.85. The van der Waals surface area contributed by atoms with E-state index >= 15 is 0 Å². The number of carbonyl (C=O) groups excluding carboxylic acids is 1. The van der Waals surface area contributed by atoms with E-state index in [9.17, 15) is 9.18 Å². The number of nitrogens with one attached hydrogen (secondary N) is 1. The summed E-state index contributed by atoms with van der Waals surface area (Å²) in [6.45, 7) is 1.01. The molecule has 0 bridgehead atoms. The molecule has 22 heavy (non-hydrogen) atoms. The second-order valence-electron chi connectivity index (χ2n) is 4.74. The third-order valence-electron chi connectivity index (χ3n) is 3.09. The van der Waals surface area contributed by atoms with Crippen molar-refractivity contribution in [2.24, 2.45) is 0 Å². The average molecular weight is 299 g/mol. The molecule has 4 nitrogen and oxygen atoms in total. The van der Waals surface area contributed by atoms with E-state index in [2.05, 4.69) is 5.32 Å². The summed E-state index contributed by atoms with van der Waals surface area (Å²) in [5.74, 6) is 0.632. The molecule has 112 valence electrons. The Bertz CT molecular complexity index is 728. The maximum absolute atomic E-state index is 13.0. The molecular weight excluding hydrogens is 285 g/mol. The molecule has 3 rings (SSSR count). The lowest BCUT2D eigenvalue weighted by Crippen LogP contribution is -2.16. The third kappa shape index (κ3) is 3.44. The minimum absolute atomic E-state index is 0.305. The van der Waals surface area contributed by atoms with Crippen molar-refractivity contribution in [2.45, 2.75) is 0 Å². The van der Waals surface area contributed by atoms with E-state index in [0.29, 0.717) is 36.0 Å². The molecule has 0 radical (unpaired) electrons. The Morgan fingerprint density at radius 1 is 1.09 bits per heavy atom. The fourth-order valence-electron chi connectivity index (χ4n) is 2.09. The molecule has 0 atom stereocenters. The molecule has 5 heteroatoms. The van der Waals surface area contributed by atoms with Crippen molar-refractivity contribution in [3.8, 4) is 11.5 Å². The molecule has 2 aromatic rings. The molecule has 2 aromatic carbocycles. The zero-order valence-corrected chi connectivity index (χ0v) is 11.7. The van der Waals surface area contributed by atoms with Crippen LogP contribution in [0.25, 0.3) is 6.08 Å². The smallest absolute Gasteiger partial charge is 0.248 e. The molecule has 0 aliphatic carbocycles. The normalized spacial score (nSPS) is 13.1. The molecule has 1 aliphatic heterocycles. The van der Waals surface area contributed by atoms with Gasteiger partial charge in [0, 0.05) is 17.8 Å². The zero-order chi connectivity index (χ0) is 15.4. The highest BCUT2D eigenvalue weighted by atomic mass is 19.1. The van der Waals surface area contributed by atoms with Gasteiger partial charge in [-0.3, -0.25) is 4.79 Å². The van der Waals surface area contributed by atoms with Gasteiger partial charge in [-0.2, -0.15) is 0 Å². The van der Waals surface area contributed by atoms with Gasteiger partial charge in [-0.15, -0.1) is 0 Å². The van der Waals surface area contributed by atoms with Gasteiger partial charge in [0.15, 0.2) is 11.5 Å². The van der Waals surface area contributed by atoms with Crippen molar-refractivity contribution in [1.29, 1.82) is 0 Å². The Hall–Kier alpha value is -2.82. The molecule has 1 heterocycles. The first-order valence-corrected chi connectivity index (χ1v) is 6.85. The van der Waals surface area contributed by atoms with Crippen LogP contribution in [0, 0.1) is 5.82 Å². The molecular formula is C17H14FNO3. The number of ether oxygens (including phenoxy) is 2. The summed E-state index contributed by atoms with van der Waals surface area (Å²) < 4.78 is 23.9. The van der Waals surface area contributed by atoms with Gasteiger partial charge < -0.3 is 14.8 Å². The fourth-order valence-corrected chi connectivity index (χ4v) is 2.09. The molecule has 0 unspecified atom stereocenters. The van der Waals surface area contributed by atoms with Crippen molar-refractivity contribution in [3.63, 3.8) is 0 Å². The predicted octanol–water partition coefficient (Wildman–Crippen LogP) is 3.25. The predicted molar refractivity (Wildman–Crippen MR) is 81.5 cm³/mol. The number of amides is 1. The van der Waals surface area contributed by atoms with Crippen LogP contribution in [0.4, 0.5) is 10.1 Å². The largest absolute Gasteiger partial charge is 0.486 e. The quantitative estimate of drug-likeness (QED) is 0.885. The molecule has 1 aliphatic rings. The Balaban J connectivity index is 1.66. The van der Waals surface area contributed by atoms with E-state index in [0.717, 1.165) is 0 Å². The number of carbonyl (C=O) groups is 1. The van der Waals surface area contributed by atoms with Crippen LogP contribution in [-0.4, -0.2) is 19.1 Å². The van der Waals surface area contributed by atoms with Crippen molar-refractivity contribution >= 4 is 17.7 Å². The molecule has 0 fully saturated rings. The Kier molecular flexibility index (Phi) is 4.05. The first kappa shape index (κ1) is 14.1. The van der Waals surface area contributed by atoms with E-state index in [1.807, 2.05) is 0 Å². The average Bonchev–Trinajstić information content (AvgIpc) is 2.53. The summed E-state index contributed by atoms with van der Waals surface area (Å²) >= 11 is 0.